The van der Waals surface area contributed by atoms with Crippen LogP contribution in [-0.2, 0) is 12.8 Å². The lowest BCUT2D eigenvalue weighted by atomic mass is 9.99. The van der Waals surface area contributed by atoms with Crippen LogP contribution in [0.25, 0.3) is 33.2 Å². The highest BCUT2D eigenvalue weighted by atomic mass is 19.1. The van der Waals surface area contributed by atoms with E-state index in [4.69, 9.17) is 9.47 Å². The molecule has 10 aromatic rings. The number of fused-ring (bicyclic) bond motifs is 2. The average molecular weight is 987 g/mol. The molecule has 2 amide bonds. The Morgan fingerprint density at radius 2 is 1.07 bits per heavy atom. The monoisotopic (exact) mass is 986 g/mol. The number of aromatic amines is 2. The molecule has 0 aliphatic carbocycles. The quantitative estimate of drug-likeness (QED) is 0.0638. The highest BCUT2D eigenvalue weighted by Gasteiger charge is 2.23. The zero-order valence-electron chi connectivity index (χ0n) is 39.7. The number of H-pyrrole nitrogens is 2. The molecule has 4 aromatic heterocycles. The number of para-hydroxylation sites is 4. The number of nitrogens with one attached hydrogen (secondary N) is 4. The van der Waals surface area contributed by atoms with Gasteiger partial charge in [0.1, 0.15) is 34.3 Å². The van der Waals surface area contributed by atoms with Gasteiger partial charge in [-0.15, -0.1) is 0 Å². The molecule has 10 rings (SSSR count). The van der Waals surface area contributed by atoms with E-state index >= 15 is 4.39 Å². The summed E-state index contributed by atoms with van der Waals surface area (Å²) >= 11 is 0. The van der Waals surface area contributed by atoms with Gasteiger partial charge >= 0.3 is 0 Å². The lowest BCUT2D eigenvalue weighted by Gasteiger charge is -2.18. The van der Waals surface area contributed by atoms with Gasteiger partial charge in [-0.1, -0.05) is 42.5 Å². The first-order valence-corrected chi connectivity index (χ1v) is 23.6. The van der Waals surface area contributed by atoms with Crippen LogP contribution in [0.15, 0.2) is 170 Å². The number of amides is 2. The summed E-state index contributed by atoms with van der Waals surface area (Å²) in [5.74, 6) is -1.60. The molecule has 14 nitrogen and oxygen atoms in total. The van der Waals surface area contributed by atoms with Gasteiger partial charge in [0.15, 0.2) is 11.6 Å². The first-order chi connectivity index (χ1) is 35.9. The Labute approximate surface area is 421 Å². The van der Waals surface area contributed by atoms with E-state index in [1.54, 1.807) is 105 Å². The molecule has 0 aliphatic heterocycles. The molecule has 4 heterocycles. The van der Waals surface area contributed by atoms with Gasteiger partial charge in [0.05, 0.1) is 22.1 Å². The van der Waals surface area contributed by atoms with Gasteiger partial charge in [-0.3, -0.25) is 19.2 Å². The number of benzene rings is 6. The van der Waals surface area contributed by atoms with Gasteiger partial charge in [-0.05, 0) is 153 Å². The maximum atomic E-state index is 15.8. The second kappa shape index (κ2) is 20.9. The third-order valence-electron chi connectivity index (χ3n) is 12.1. The minimum absolute atomic E-state index is 0.00269. The van der Waals surface area contributed by atoms with Crippen LogP contribution in [0, 0.1) is 11.6 Å². The van der Waals surface area contributed by atoms with Crippen LogP contribution in [0.1, 0.15) is 78.1 Å². The molecule has 2 atom stereocenters. The molecule has 0 saturated carbocycles. The zero-order valence-corrected chi connectivity index (χ0v) is 39.7. The highest BCUT2D eigenvalue weighted by Crippen LogP contribution is 2.32. The molecule has 0 saturated heterocycles. The predicted octanol–water partition coefficient (Wildman–Crippen LogP) is 10.9. The van der Waals surface area contributed by atoms with Crippen LogP contribution in [0.5, 0.6) is 23.3 Å². The summed E-state index contributed by atoms with van der Waals surface area (Å²) in [6, 6.07) is 41.8. The minimum atomic E-state index is -0.578. The number of aromatic nitrogens is 6. The fraction of sp³-hybridized carbons (Fsp3) is 0.103. The summed E-state index contributed by atoms with van der Waals surface area (Å²) in [4.78, 5) is 78.1. The van der Waals surface area contributed by atoms with Crippen molar-refractivity contribution in [2.24, 2.45) is 0 Å². The van der Waals surface area contributed by atoms with Crippen molar-refractivity contribution >= 4 is 45.4 Å². The molecule has 0 fully saturated rings. The number of rotatable bonds is 17. The van der Waals surface area contributed by atoms with Gasteiger partial charge in [-0.25, -0.2) is 28.7 Å². The smallest absolute Gasteiger partial charge is 0.257 e. The molecule has 0 aliphatic rings. The Bertz CT molecular complexity index is 3660. The molecule has 4 N–H and O–H groups in total. The Morgan fingerprint density at radius 3 is 1.64 bits per heavy atom. The first kappa shape index (κ1) is 48.0. The number of carbonyl (C=O) groups excluding carboxylic acids is 4. The Hall–Kier alpha value is -9.70. The van der Waals surface area contributed by atoms with Crippen molar-refractivity contribution in [1.82, 2.24) is 40.5 Å². The van der Waals surface area contributed by atoms with Crippen molar-refractivity contribution < 1.29 is 37.4 Å². The second-order valence-electron chi connectivity index (χ2n) is 17.6. The molecule has 74 heavy (non-hydrogen) atoms. The number of hydrogen-bond donors (Lipinski definition) is 4. The molecular formula is C58H44F2N8O6. The summed E-state index contributed by atoms with van der Waals surface area (Å²) in [5.41, 5.74) is 5.63. The molecule has 0 unspecified atom stereocenters. The van der Waals surface area contributed by atoms with Crippen molar-refractivity contribution in [2.75, 3.05) is 0 Å². The van der Waals surface area contributed by atoms with E-state index in [1.165, 1.54) is 36.7 Å². The van der Waals surface area contributed by atoms with E-state index in [-0.39, 0.29) is 75.2 Å². The van der Waals surface area contributed by atoms with Crippen LogP contribution in [0.2, 0.25) is 0 Å². The first-order valence-electron chi connectivity index (χ1n) is 23.6. The Morgan fingerprint density at radius 1 is 0.554 bits per heavy atom. The molecule has 0 radical (unpaired) electrons. The van der Waals surface area contributed by atoms with Gasteiger partial charge < -0.3 is 30.1 Å². The molecular weight excluding hydrogens is 943 g/mol. The standard InChI is InChI=1S/C58H44F2N8O6/c1-33(28-35-13-20-40(59)21-14-35)64-56(72)45-31-39(32-62-58(45)74-42-24-18-38(19-25-42)52(70)54-67-49-11-5-6-12-50(49)68-54)44-30-36(15-26-46(44)60)29-34(2)63-55(71)43-8-7-27-61-57(43)73-41-22-16-37(17-23-41)51(69)53-65-47-9-3-4-10-48(47)66-53/h3-27,30-34H,28-29H2,1-2H3,(H,63,71)(H,64,72)(H,65,66)(H,67,68)/t33-,34+/m0/s1. The zero-order chi connectivity index (χ0) is 51.3. The van der Waals surface area contributed by atoms with Crippen LogP contribution >= 0.6 is 0 Å². The number of pyridine rings is 2. The van der Waals surface area contributed by atoms with E-state index in [9.17, 15) is 23.6 Å². The van der Waals surface area contributed by atoms with Gasteiger partial charge in [0.2, 0.25) is 23.3 Å². The topological polar surface area (TPSA) is 194 Å². The van der Waals surface area contributed by atoms with Crippen LogP contribution in [0.3, 0.4) is 0 Å². The Balaban J connectivity index is 0.838. The van der Waals surface area contributed by atoms with E-state index in [0.717, 1.165) is 16.6 Å². The molecule has 366 valence electrons. The molecule has 16 heteroatoms. The summed E-state index contributed by atoms with van der Waals surface area (Å²) in [7, 11) is 0. The second-order valence-corrected chi connectivity index (χ2v) is 17.6. The molecule has 0 bridgehead atoms. The largest absolute Gasteiger partial charge is 0.438 e. The van der Waals surface area contributed by atoms with Crippen molar-refractivity contribution in [1.29, 1.82) is 0 Å². The van der Waals surface area contributed by atoms with E-state index in [1.807, 2.05) is 42.5 Å². The highest BCUT2D eigenvalue weighted by molar-refractivity contribution is 6.09. The van der Waals surface area contributed by atoms with Crippen molar-refractivity contribution in [2.45, 2.75) is 38.8 Å². The van der Waals surface area contributed by atoms with Crippen molar-refractivity contribution in [3.63, 3.8) is 0 Å². The number of ether oxygens (including phenoxy) is 2. The average Bonchev–Trinajstić information content (AvgIpc) is 4.06. The molecule has 6 aromatic carbocycles. The molecule has 0 spiro atoms. The number of nitrogens with zero attached hydrogens (tertiary/aromatic N) is 4. The van der Waals surface area contributed by atoms with Gasteiger partial charge in [0.25, 0.3) is 11.8 Å². The predicted molar refractivity (Wildman–Crippen MR) is 274 cm³/mol. The van der Waals surface area contributed by atoms with E-state index in [0.29, 0.717) is 39.9 Å². The minimum Gasteiger partial charge on any atom is -0.438 e. The lowest BCUT2D eigenvalue weighted by molar-refractivity contribution is 0.0928. The number of hydrogen-bond acceptors (Lipinski definition) is 10. The third-order valence-corrected chi connectivity index (χ3v) is 12.1. The number of carbonyl (C=O) groups is 4. The van der Waals surface area contributed by atoms with Crippen LogP contribution in [-0.4, -0.2) is 65.4 Å². The van der Waals surface area contributed by atoms with Crippen molar-refractivity contribution in [3.05, 3.63) is 227 Å². The fourth-order valence-corrected chi connectivity index (χ4v) is 8.41. The van der Waals surface area contributed by atoms with Crippen LogP contribution in [0.4, 0.5) is 8.78 Å². The summed E-state index contributed by atoms with van der Waals surface area (Å²) in [6.07, 6.45) is 3.57. The normalized spacial score (nSPS) is 12.0. The Kier molecular flexibility index (Phi) is 13.6. The number of ketones is 2. The maximum absolute atomic E-state index is 15.8. The van der Waals surface area contributed by atoms with E-state index < -0.39 is 29.7 Å². The summed E-state index contributed by atoms with van der Waals surface area (Å²) in [6.45, 7) is 3.61. The van der Waals surface area contributed by atoms with Crippen molar-refractivity contribution in [3.8, 4) is 34.4 Å². The number of imidazole rings is 2. The van der Waals surface area contributed by atoms with Gasteiger partial charge in [0, 0.05) is 46.7 Å². The number of halogens is 2. The third kappa shape index (κ3) is 10.8. The summed E-state index contributed by atoms with van der Waals surface area (Å²) < 4.78 is 41.7. The van der Waals surface area contributed by atoms with Gasteiger partial charge in [-0.2, -0.15) is 0 Å². The SMILES string of the molecule is C[C@H](Cc1ccc(F)c(-c2cnc(Oc3ccc(C(=O)c4nc5ccccc5[nH]4)cc3)c(C(=O)N[C@@H](C)Cc3ccc(F)cc3)c2)c1)NC(=O)c1cccnc1Oc1ccc(C(=O)c2nc3ccccc3[nH]2)cc1. The lowest BCUT2D eigenvalue weighted by Crippen LogP contribution is -2.34. The fourth-order valence-electron chi connectivity index (χ4n) is 8.41. The van der Waals surface area contributed by atoms with E-state index in [2.05, 4.69) is 40.5 Å². The maximum Gasteiger partial charge on any atom is 0.257 e. The summed E-state index contributed by atoms with van der Waals surface area (Å²) in [5, 5.41) is 5.95. The van der Waals surface area contributed by atoms with Crippen LogP contribution < -0.4 is 20.1 Å².